The van der Waals surface area contributed by atoms with Crippen molar-refractivity contribution in [2.75, 3.05) is 7.11 Å². The lowest BCUT2D eigenvalue weighted by atomic mass is 10.5. The van der Waals surface area contributed by atoms with E-state index in [1.54, 1.807) is 6.20 Å². The van der Waals surface area contributed by atoms with Crippen molar-refractivity contribution >= 4 is 39.3 Å². The molecule has 0 saturated heterocycles. The van der Waals surface area contributed by atoms with Gasteiger partial charge in [-0.25, -0.2) is 4.98 Å². The molecule has 0 saturated carbocycles. The van der Waals surface area contributed by atoms with Crippen LogP contribution in [0.15, 0.2) is 33.0 Å². The summed E-state index contributed by atoms with van der Waals surface area (Å²) in [5, 5.41) is 1.27. The summed E-state index contributed by atoms with van der Waals surface area (Å²) < 4.78 is 5.77. The molecule has 8 heteroatoms. The highest BCUT2D eigenvalue weighted by Gasteiger charge is 2.09. The number of hydrogen-bond donors (Lipinski definition) is 0. The van der Waals surface area contributed by atoms with Gasteiger partial charge in [0.05, 0.1) is 11.6 Å². The third kappa shape index (κ3) is 3.27. The van der Waals surface area contributed by atoms with Crippen LogP contribution in [0, 0.1) is 0 Å². The predicted octanol–water partition coefficient (Wildman–Crippen LogP) is 2.84. The van der Waals surface area contributed by atoms with Gasteiger partial charge in [0.1, 0.15) is 5.03 Å². The fourth-order valence-corrected chi connectivity index (χ4v) is 2.39. The van der Waals surface area contributed by atoms with Crippen molar-refractivity contribution in [2.45, 2.75) is 10.2 Å². The zero-order valence-electron chi connectivity index (χ0n) is 8.59. The van der Waals surface area contributed by atoms with E-state index in [0.29, 0.717) is 5.16 Å². The molecule has 17 heavy (non-hydrogen) atoms. The van der Waals surface area contributed by atoms with Gasteiger partial charge in [-0.15, -0.1) is 0 Å². The Bertz CT molecular complexity index is 542. The number of halogens is 2. The van der Waals surface area contributed by atoms with Crippen LogP contribution in [0.4, 0.5) is 0 Å². The molecule has 0 aromatic carbocycles. The molecular formula is C9H6BrClN4OS. The molecule has 5 nitrogen and oxygen atoms in total. The number of hydrogen-bond acceptors (Lipinski definition) is 6. The molecule has 0 unspecified atom stereocenters. The molecule has 2 rings (SSSR count). The minimum Gasteiger partial charge on any atom is -0.467 e. The largest absolute Gasteiger partial charge is 0.467 e. The topological polar surface area (TPSA) is 60.8 Å². The van der Waals surface area contributed by atoms with E-state index >= 15 is 0 Å². The van der Waals surface area contributed by atoms with Crippen molar-refractivity contribution in [2.24, 2.45) is 0 Å². The molecule has 0 fully saturated rings. The lowest BCUT2D eigenvalue weighted by Crippen LogP contribution is -1.97. The molecule has 0 N–H and O–H groups in total. The van der Waals surface area contributed by atoms with E-state index < -0.39 is 0 Å². The lowest BCUT2D eigenvalue weighted by Gasteiger charge is -2.03. The first-order chi connectivity index (χ1) is 8.19. The molecule has 0 radical (unpaired) electrons. The second-order valence-electron chi connectivity index (χ2n) is 2.77. The van der Waals surface area contributed by atoms with Gasteiger partial charge in [0.2, 0.25) is 10.4 Å². The molecule has 0 amide bonds. The normalized spacial score (nSPS) is 10.3. The van der Waals surface area contributed by atoms with E-state index in [1.165, 1.54) is 18.9 Å². The van der Waals surface area contributed by atoms with Crippen LogP contribution in [0.25, 0.3) is 0 Å². The Morgan fingerprint density at radius 1 is 1.35 bits per heavy atom. The molecule has 2 aromatic heterocycles. The monoisotopic (exact) mass is 332 g/mol. The maximum Gasteiger partial charge on any atom is 0.321 e. The Kier molecular flexibility index (Phi) is 4.14. The highest BCUT2D eigenvalue weighted by molar-refractivity contribution is 9.10. The standard InChI is InChI=1S/C9H6BrClN4OS/c1-16-8-13-7(11)14-9(15-8)17-6-5(10)3-2-4-12-6/h2-4H,1H3. The molecule has 0 spiro atoms. The highest BCUT2D eigenvalue weighted by atomic mass is 79.9. The van der Waals surface area contributed by atoms with Gasteiger partial charge in [-0.1, -0.05) is 0 Å². The van der Waals surface area contributed by atoms with Crippen LogP contribution in [0.5, 0.6) is 6.01 Å². The zero-order chi connectivity index (χ0) is 12.3. The van der Waals surface area contributed by atoms with Crippen LogP contribution in [-0.4, -0.2) is 27.0 Å². The number of pyridine rings is 1. The SMILES string of the molecule is COc1nc(Cl)nc(Sc2ncccc2Br)n1. The second-order valence-corrected chi connectivity index (χ2v) is 4.91. The molecule has 0 aliphatic rings. The number of ether oxygens (including phenoxy) is 1. The fraction of sp³-hybridized carbons (Fsp3) is 0.111. The van der Waals surface area contributed by atoms with E-state index in [-0.39, 0.29) is 11.3 Å². The van der Waals surface area contributed by atoms with Crippen molar-refractivity contribution < 1.29 is 4.74 Å². The van der Waals surface area contributed by atoms with E-state index in [1.807, 2.05) is 12.1 Å². The van der Waals surface area contributed by atoms with Crippen molar-refractivity contribution in [3.05, 3.63) is 28.1 Å². The van der Waals surface area contributed by atoms with Crippen molar-refractivity contribution in [3.63, 3.8) is 0 Å². The van der Waals surface area contributed by atoms with Gasteiger partial charge in [-0.2, -0.15) is 15.0 Å². The molecule has 0 aliphatic heterocycles. The van der Waals surface area contributed by atoms with Gasteiger partial charge in [-0.3, -0.25) is 0 Å². The zero-order valence-corrected chi connectivity index (χ0v) is 11.8. The van der Waals surface area contributed by atoms with Crippen LogP contribution < -0.4 is 4.74 Å². The quantitative estimate of drug-likeness (QED) is 0.861. The number of methoxy groups -OCH3 is 1. The number of nitrogens with zero attached hydrogens (tertiary/aromatic N) is 4. The Labute approximate surface area is 115 Å². The molecule has 2 aromatic rings. The first-order valence-corrected chi connectivity index (χ1v) is 6.41. The van der Waals surface area contributed by atoms with Crippen LogP contribution in [0.2, 0.25) is 5.28 Å². The lowest BCUT2D eigenvalue weighted by molar-refractivity contribution is 0.373. The summed E-state index contributed by atoms with van der Waals surface area (Å²) >= 11 is 10.4. The third-order valence-corrected chi connectivity index (χ3v) is 3.62. The Balaban J connectivity index is 2.30. The summed E-state index contributed by atoms with van der Waals surface area (Å²) in [7, 11) is 1.47. The summed E-state index contributed by atoms with van der Waals surface area (Å²) in [6.07, 6.45) is 1.69. The summed E-state index contributed by atoms with van der Waals surface area (Å²) in [5.74, 6) is 0. The molecule has 88 valence electrons. The smallest absolute Gasteiger partial charge is 0.321 e. The number of aromatic nitrogens is 4. The van der Waals surface area contributed by atoms with E-state index in [9.17, 15) is 0 Å². The summed E-state index contributed by atoms with van der Waals surface area (Å²) in [6.45, 7) is 0. The van der Waals surface area contributed by atoms with Crippen molar-refractivity contribution in [3.8, 4) is 6.01 Å². The van der Waals surface area contributed by atoms with Gasteiger partial charge >= 0.3 is 6.01 Å². The molecule has 0 atom stereocenters. The summed E-state index contributed by atoms with van der Waals surface area (Å²) in [4.78, 5) is 16.0. The Morgan fingerprint density at radius 2 is 2.18 bits per heavy atom. The van der Waals surface area contributed by atoms with Crippen LogP contribution >= 0.6 is 39.3 Å². The minimum atomic E-state index is 0.0893. The Morgan fingerprint density at radius 3 is 2.88 bits per heavy atom. The van der Waals surface area contributed by atoms with Crippen molar-refractivity contribution in [1.82, 2.24) is 19.9 Å². The maximum atomic E-state index is 5.75. The molecular weight excluding hydrogens is 328 g/mol. The van der Waals surface area contributed by atoms with Gasteiger partial charge < -0.3 is 4.74 Å². The average molecular weight is 334 g/mol. The summed E-state index contributed by atoms with van der Waals surface area (Å²) in [6, 6.07) is 3.89. The predicted molar refractivity (Wildman–Crippen MR) is 67.4 cm³/mol. The van der Waals surface area contributed by atoms with Crippen molar-refractivity contribution in [1.29, 1.82) is 0 Å². The average Bonchev–Trinajstić information content (AvgIpc) is 2.31. The molecule has 2 heterocycles. The maximum absolute atomic E-state index is 5.75. The van der Waals surface area contributed by atoms with Gasteiger partial charge in [-0.05, 0) is 51.4 Å². The summed E-state index contributed by atoms with van der Waals surface area (Å²) in [5.41, 5.74) is 0. The molecule has 0 aliphatic carbocycles. The highest BCUT2D eigenvalue weighted by Crippen LogP contribution is 2.30. The van der Waals surface area contributed by atoms with E-state index in [2.05, 4.69) is 35.9 Å². The Hall–Kier alpha value is -0.920. The van der Waals surface area contributed by atoms with E-state index in [4.69, 9.17) is 16.3 Å². The van der Waals surface area contributed by atoms with Gasteiger partial charge in [0.15, 0.2) is 0 Å². The van der Waals surface area contributed by atoms with Crippen LogP contribution in [-0.2, 0) is 0 Å². The first-order valence-electron chi connectivity index (χ1n) is 4.43. The molecule has 0 bridgehead atoms. The van der Waals surface area contributed by atoms with Gasteiger partial charge in [0, 0.05) is 6.20 Å². The van der Waals surface area contributed by atoms with Crippen LogP contribution in [0.1, 0.15) is 0 Å². The fourth-order valence-electron chi connectivity index (χ4n) is 0.984. The minimum absolute atomic E-state index is 0.0893. The first kappa shape index (κ1) is 12.5. The number of rotatable bonds is 3. The van der Waals surface area contributed by atoms with Gasteiger partial charge in [0.25, 0.3) is 0 Å². The van der Waals surface area contributed by atoms with E-state index in [0.717, 1.165) is 9.50 Å². The second kappa shape index (κ2) is 5.61. The van der Waals surface area contributed by atoms with Crippen LogP contribution in [0.3, 0.4) is 0 Å². The third-order valence-electron chi connectivity index (χ3n) is 1.66.